The summed E-state index contributed by atoms with van der Waals surface area (Å²) in [6.07, 6.45) is 2.12. The number of aromatic nitrogens is 1. The number of amides is 1. The normalized spacial score (nSPS) is 27.2. The molecule has 0 N–H and O–H groups in total. The van der Waals surface area contributed by atoms with E-state index >= 15 is 0 Å². The van der Waals surface area contributed by atoms with Gasteiger partial charge in [-0.05, 0) is 26.7 Å². The fourth-order valence-corrected chi connectivity index (χ4v) is 3.20. The summed E-state index contributed by atoms with van der Waals surface area (Å²) in [5.41, 5.74) is 0.429. The number of hydrogen-bond donors (Lipinski definition) is 0. The molecule has 0 aromatic carbocycles. The molecule has 2 atom stereocenters. The minimum Gasteiger partial charge on any atom is -0.379 e. The zero-order chi connectivity index (χ0) is 14.8. The smallest absolute Gasteiger partial charge is 0.276 e. The standard InChI is InChI=1S/C15H23N3O3/c1-11-3-4-12(2)18(11)15(19)14-9-13(21-16-14)10-17-5-7-20-8-6-17/h9,11-12H,3-8,10H2,1-2H3/t11-,12+. The lowest BCUT2D eigenvalue weighted by Gasteiger charge is -2.25. The third-order valence-corrected chi connectivity index (χ3v) is 4.45. The van der Waals surface area contributed by atoms with Crippen LogP contribution in [-0.2, 0) is 11.3 Å². The molecular formula is C15H23N3O3. The van der Waals surface area contributed by atoms with Crippen molar-refractivity contribution in [3.05, 3.63) is 17.5 Å². The van der Waals surface area contributed by atoms with Crippen molar-refractivity contribution >= 4 is 5.91 Å². The maximum atomic E-state index is 12.5. The number of carbonyl (C=O) groups is 1. The van der Waals surface area contributed by atoms with E-state index < -0.39 is 0 Å². The summed E-state index contributed by atoms with van der Waals surface area (Å²) in [5.74, 6) is 0.740. The van der Waals surface area contributed by atoms with Gasteiger partial charge in [0.05, 0.1) is 19.8 Å². The highest BCUT2D eigenvalue weighted by atomic mass is 16.5. The van der Waals surface area contributed by atoms with Gasteiger partial charge < -0.3 is 14.2 Å². The minimum atomic E-state index is -0.00974. The molecule has 3 heterocycles. The van der Waals surface area contributed by atoms with E-state index in [1.807, 2.05) is 4.90 Å². The van der Waals surface area contributed by atoms with E-state index in [0.717, 1.165) is 44.9 Å². The highest BCUT2D eigenvalue weighted by Crippen LogP contribution is 2.25. The predicted molar refractivity (Wildman–Crippen MR) is 76.9 cm³/mol. The molecule has 2 saturated heterocycles. The van der Waals surface area contributed by atoms with Crippen LogP contribution < -0.4 is 0 Å². The van der Waals surface area contributed by atoms with Gasteiger partial charge in [0, 0.05) is 31.2 Å². The van der Waals surface area contributed by atoms with Crippen LogP contribution in [0.25, 0.3) is 0 Å². The molecule has 0 radical (unpaired) electrons. The molecule has 3 rings (SSSR count). The molecule has 0 bridgehead atoms. The lowest BCUT2D eigenvalue weighted by molar-refractivity contribution is 0.0305. The van der Waals surface area contributed by atoms with Gasteiger partial charge in [-0.25, -0.2) is 0 Å². The molecule has 0 spiro atoms. The van der Waals surface area contributed by atoms with Crippen molar-refractivity contribution in [2.24, 2.45) is 0 Å². The summed E-state index contributed by atoms with van der Waals surface area (Å²) in [4.78, 5) is 16.7. The zero-order valence-corrected chi connectivity index (χ0v) is 12.7. The predicted octanol–water partition coefficient (Wildman–Crippen LogP) is 1.52. The third-order valence-electron chi connectivity index (χ3n) is 4.45. The second-order valence-electron chi connectivity index (χ2n) is 6.05. The van der Waals surface area contributed by atoms with Crippen molar-refractivity contribution in [1.82, 2.24) is 15.0 Å². The van der Waals surface area contributed by atoms with E-state index in [1.54, 1.807) is 6.07 Å². The molecule has 21 heavy (non-hydrogen) atoms. The summed E-state index contributed by atoms with van der Waals surface area (Å²) in [6.45, 7) is 8.17. The van der Waals surface area contributed by atoms with E-state index in [0.29, 0.717) is 12.2 Å². The molecule has 0 saturated carbocycles. The van der Waals surface area contributed by atoms with Crippen LogP contribution in [0.5, 0.6) is 0 Å². The van der Waals surface area contributed by atoms with Gasteiger partial charge in [0.2, 0.25) is 0 Å². The molecule has 0 unspecified atom stereocenters. The van der Waals surface area contributed by atoms with Gasteiger partial charge in [-0.15, -0.1) is 0 Å². The van der Waals surface area contributed by atoms with Gasteiger partial charge in [-0.2, -0.15) is 0 Å². The first-order chi connectivity index (χ1) is 10.1. The fourth-order valence-electron chi connectivity index (χ4n) is 3.20. The van der Waals surface area contributed by atoms with Crippen molar-refractivity contribution in [1.29, 1.82) is 0 Å². The number of likely N-dealkylation sites (tertiary alicyclic amines) is 1. The Bertz CT molecular complexity index is 486. The molecular weight excluding hydrogens is 270 g/mol. The summed E-state index contributed by atoms with van der Waals surface area (Å²) < 4.78 is 10.7. The number of morpholine rings is 1. The highest BCUT2D eigenvalue weighted by molar-refractivity contribution is 5.92. The second kappa shape index (κ2) is 6.15. The number of ether oxygens (including phenoxy) is 1. The molecule has 6 nitrogen and oxygen atoms in total. The topological polar surface area (TPSA) is 58.8 Å². The number of nitrogens with zero attached hydrogens (tertiary/aromatic N) is 3. The Morgan fingerprint density at radius 1 is 1.29 bits per heavy atom. The molecule has 2 fully saturated rings. The van der Waals surface area contributed by atoms with Crippen LogP contribution in [0.2, 0.25) is 0 Å². The van der Waals surface area contributed by atoms with E-state index in [-0.39, 0.29) is 18.0 Å². The Morgan fingerprint density at radius 3 is 2.62 bits per heavy atom. The van der Waals surface area contributed by atoms with Crippen LogP contribution in [-0.4, -0.2) is 59.3 Å². The second-order valence-corrected chi connectivity index (χ2v) is 6.05. The van der Waals surface area contributed by atoms with Crippen LogP contribution in [0.3, 0.4) is 0 Å². The lowest BCUT2D eigenvalue weighted by Crippen LogP contribution is -2.38. The number of rotatable bonds is 3. The molecule has 2 aliphatic heterocycles. The molecule has 0 aliphatic carbocycles. The van der Waals surface area contributed by atoms with Gasteiger partial charge >= 0.3 is 0 Å². The van der Waals surface area contributed by atoms with Gasteiger partial charge in [-0.3, -0.25) is 9.69 Å². The number of carbonyl (C=O) groups excluding carboxylic acids is 1. The van der Waals surface area contributed by atoms with Crippen molar-refractivity contribution in [3.63, 3.8) is 0 Å². The molecule has 116 valence electrons. The first-order valence-corrected chi connectivity index (χ1v) is 7.73. The lowest BCUT2D eigenvalue weighted by atomic mass is 10.2. The molecule has 1 amide bonds. The average molecular weight is 293 g/mol. The monoisotopic (exact) mass is 293 g/mol. The fraction of sp³-hybridized carbons (Fsp3) is 0.733. The summed E-state index contributed by atoms with van der Waals surface area (Å²) in [5, 5.41) is 3.97. The maximum Gasteiger partial charge on any atom is 0.276 e. The Kier molecular flexibility index (Phi) is 4.26. The van der Waals surface area contributed by atoms with E-state index in [4.69, 9.17) is 9.26 Å². The maximum absolute atomic E-state index is 12.5. The SMILES string of the molecule is C[C@@H]1CC[C@H](C)N1C(=O)c1cc(CN2CCOCC2)on1. The van der Waals surface area contributed by atoms with Crippen molar-refractivity contribution in [2.45, 2.75) is 45.3 Å². The first-order valence-electron chi connectivity index (χ1n) is 7.73. The molecule has 1 aromatic rings. The Balaban J connectivity index is 1.65. The van der Waals surface area contributed by atoms with Crippen LogP contribution >= 0.6 is 0 Å². The van der Waals surface area contributed by atoms with Crippen molar-refractivity contribution < 1.29 is 14.1 Å². The van der Waals surface area contributed by atoms with Gasteiger partial charge in [0.15, 0.2) is 11.5 Å². The van der Waals surface area contributed by atoms with Crippen LogP contribution in [0.15, 0.2) is 10.6 Å². The summed E-state index contributed by atoms with van der Waals surface area (Å²) in [7, 11) is 0. The van der Waals surface area contributed by atoms with Crippen molar-refractivity contribution in [3.8, 4) is 0 Å². The third kappa shape index (κ3) is 3.11. The van der Waals surface area contributed by atoms with Crippen molar-refractivity contribution in [2.75, 3.05) is 26.3 Å². The number of hydrogen-bond acceptors (Lipinski definition) is 5. The quantitative estimate of drug-likeness (QED) is 0.845. The van der Waals surface area contributed by atoms with Gasteiger partial charge in [-0.1, -0.05) is 5.16 Å². The van der Waals surface area contributed by atoms with Gasteiger partial charge in [0.1, 0.15) is 0 Å². The highest BCUT2D eigenvalue weighted by Gasteiger charge is 2.33. The summed E-state index contributed by atoms with van der Waals surface area (Å²) in [6, 6.07) is 2.36. The van der Waals surface area contributed by atoms with Crippen LogP contribution in [0.1, 0.15) is 42.9 Å². The Labute approximate surface area is 125 Å². The Morgan fingerprint density at radius 2 is 1.95 bits per heavy atom. The first kappa shape index (κ1) is 14.5. The Hall–Kier alpha value is -1.40. The minimum absolute atomic E-state index is 0.00974. The van der Waals surface area contributed by atoms with E-state index in [9.17, 15) is 4.79 Å². The van der Waals surface area contributed by atoms with E-state index in [2.05, 4.69) is 23.9 Å². The van der Waals surface area contributed by atoms with Gasteiger partial charge in [0.25, 0.3) is 5.91 Å². The average Bonchev–Trinajstić information content (AvgIpc) is 3.07. The van der Waals surface area contributed by atoms with Crippen LogP contribution in [0, 0.1) is 0 Å². The molecule has 1 aromatic heterocycles. The summed E-state index contributed by atoms with van der Waals surface area (Å²) >= 11 is 0. The zero-order valence-electron chi connectivity index (χ0n) is 12.7. The molecule has 6 heteroatoms. The van der Waals surface area contributed by atoms with E-state index in [1.165, 1.54) is 0 Å². The molecule has 2 aliphatic rings. The largest absolute Gasteiger partial charge is 0.379 e. The van der Waals surface area contributed by atoms with Crippen LogP contribution in [0.4, 0.5) is 0 Å².